The lowest BCUT2D eigenvalue weighted by molar-refractivity contribution is 0.102. The number of hydrogen-bond acceptors (Lipinski definition) is 4. The quantitative estimate of drug-likeness (QED) is 0.590. The zero-order chi connectivity index (χ0) is 14.7. The lowest BCUT2D eigenvalue weighted by Gasteiger charge is -2.02. The van der Waals surface area contributed by atoms with Crippen LogP contribution in [0.5, 0.6) is 0 Å². The van der Waals surface area contributed by atoms with Crippen LogP contribution in [0.25, 0.3) is 10.9 Å². The second kappa shape index (κ2) is 5.40. The van der Waals surface area contributed by atoms with E-state index in [1.807, 2.05) is 18.2 Å². The zero-order valence-electron chi connectivity index (χ0n) is 10.9. The molecule has 0 saturated carbocycles. The summed E-state index contributed by atoms with van der Waals surface area (Å²) in [5.41, 5.74) is 1.44. The van der Waals surface area contributed by atoms with Gasteiger partial charge in [0.1, 0.15) is 0 Å². The van der Waals surface area contributed by atoms with E-state index < -0.39 is 0 Å². The third-order valence-corrected chi connectivity index (χ3v) is 2.95. The number of hydrogen-bond donors (Lipinski definition) is 1. The van der Waals surface area contributed by atoms with Gasteiger partial charge in [-0.3, -0.25) is 4.79 Å². The highest BCUT2D eigenvalue weighted by Gasteiger charge is 2.17. The Morgan fingerprint density at radius 2 is 1.81 bits per heavy atom. The van der Waals surface area contributed by atoms with Gasteiger partial charge in [0.05, 0.1) is 5.52 Å². The number of aromatic nitrogens is 2. The Bertz CT molecular complexity index is 848. The van der Waals surface area contributed by atoms with Gasteiger partial charge in [0, 0.05) is 11.1 Å². The standard InChI is InChI=1S/C15H10N4O2/c20-10-16-19-13-9-5-4-8-12(13)14(18-19)15(21)17-11-6-2-1-3-7-11/h1-9H,(H,17,21). The van der Waals surface area contributed by atoms with E-state index in [4.69, 9.17) is 0 Å². The fourth-order valence-electron chi connectivity index (χ4n) is 2.05. The predicted octanol–water partition coefficient (Wildman–Crippen LogP) is 2.39. The van der Waals surface area contributed by atoms with Crippen molar-refractivity contribution >= 4 is 28.6 Å². The number of fused-ring (bicyclic) bond motifs is 1. The molecular formula is C15H10N4O2. The lowest BCUT2D eigenvalue weighted by atomic mass is 10.2. The van der Waals surface area contributed by atoms with E-state index in [-0.39, 0.29) is 11.6 Å². The fourth-order valence-corrected chi connectivity index (χ4v) is 2.05. The number of nitrogens with zero attached hydrogens (tertiary/aromatic N) is 3. The van der Waals surface area contributed by atoms with Crippen LogP contribution in [0, 0.1) is 0 Å². The Morgan fingerprint density at radius 3 is 2.57 bits per heavy atom. The van der Waals surface area contributed by atoms with Crippen molar-refractivity contribution in [3.8, 4) is 0 Å². The molecule has 6 nitrogen and oxygen atoms in total. The molecule has 3 rings (SSSR count). The van der Waals surface area contributed by atoms with E-state index in [0.29, 0.717) is 16.6 Å². The van der Waals surface area contributed by atoms with Gasteiger partial charge in [0.15, 0.2) is 5.69 Å². The van der Waals surface area contributed by atoms with E-state index in [1.54, 1.807) is 36.4 Å². The van der Waals surface area contributed by atoms with E-state index in [0.717, 1.165) is 4.79 Å². The number of benzene rings is 2. The number of rotatable bonds is 3. The number of carbonyl (C=O) groups excluding carboxylic acids is 2. The van der Waals surface area contributed by atoms with Crippen molar-refractivity contribution in [1.82, 2.24) is 9.89 Å². The van der Waals surface area contributed by atoms with Crippen molar-refractivity contribution in [2.75, 3.05) is 5.32 Å². The van der Waals surface area contributed by atoms with Crippen LogP contribution in [-0.2, 0) is 4.79 Å². The van der Waals surface area contributed by atoms with Crippen LogP contribution in [0.3, 0.4) is 0 Å². The number of isocyanates is 1. The highest BCUT2D eigenvalue weighted by atomic mass is 16.2. The zero-order valence-corrected chi connectivity index (χ0v) is 10.9. The summed E-state index contributed by atoms with van der Waals surface area (Å²) >= 11 is 0. The van der Waals surface area contributed by atoms with Gasteiger partial charge in [-0.2, -0.15) is 0 Å². The number of nitrogens with one attached hydrogen (secondary N) is 1. The minimum absolute atomic E-state index is 0.202. The van der Waals surface area contributed by atoms with Gasteiger partial charge < -0.3 is 5.32 Å². The average molecular weight is 278 g/mol. The molecule has 0 aliphatic heterocycles. The first-order valence-electron chi connectivity index (χ1n) is 6.22. The maximum Gasteiger partial charge on any atom is 0.276 e. The summed E-state index contributed by atoms with van der Waals surface area (Å²) in [5.74, 6) is -0.364. The molecule has 0 spiro atoms. The number of amides is 1. The third-order valence-electron chi connectivity index (χ3n) is 2.95. The smallest absolute Gasteiger partial charge is 0.276 e. The Morgan fingerprint density at radius 1 is 1.10 bits per heavy atom. The number of carbonyl (C=O) groups is 1. The minimum Gasteiger partial charge on any atom is -0.321 e. The highest BCUT2D eigenvalue weighted by molar-refractivity contribution is 6.11. The topological polar surface area (TPSA) is 76.3 Å². The summed E-state index contributed by atoms with van der Waals surface area (Å²) in [6.07, 6.45) is 1.42. The van der Waals surface area contributed by atoms with E-state index >= 15 is 0 Å². The summed E-state index contributed by atoms with van der Waals surface area (Å²) < 4.78 is 0. The molecule has 0 aliphatic rings. The molecular weight excluding hydrogens is 268 g/mol. The number of anilines is 1. The Labute approximate surface area is 119 Å². The molecule has 1 heterocycles. The fraction of sp³-hybridized carbons (Fsp3) is 0. The monoisotopic (exact) mass is 278 g/mol. The molecule has 1 amide bonds. The maximum atomic E-state index is 12.3. The minimum atomic E-state index is -0.364. The largest absolute Gasteiger partial charge is 0.321 e. The third kappa shape index (κ3) is 2.43. The summed E-state index contributed by atoms with van der Waals surface area (Å²) in [6.45, 7) is 0. The van der Waals surface area contributed by atoms with Crippen molar-refractivity contribution in [2.24, 2.45) is 5.10 Å². The lowest BCUT2D eigenvalue weighted by Crippen LogP contribution is -2.13. The molecule has 21 heavy (non-hydrogen) atoms. The first kappa shape index (κ1) is 12.8. The van der Waals surface area contributed by atoms with Crippen LogP contribution in [0.4, 0.5) is 5.69 Å². The van der Waals surface area contributed by atoms with Crippen molar-refractivity contribution in [1.29, 1.82) is 0 Å². The first-order valence-corrected chi connectivity index (χ1v) is 6.22. The Balaban J connectivity index is 2.04. The van der Waals surface area contributed by atoms with Crippen molar-refractivity contribution < 1.29 is 9.59 Å². The van der Waals surface area contributed by atoms with Gasteiger partial charge in [-0.25, -0.2) is 4.79 Å². The van der Waals surface area contributed by atoms with Crippen LogP contribution in [0.15, 0.2) is 59.7 Å². The summed E-state index contributed by atoms with van der Waals surface area (Å²) in [5, 5.41) is 10.9. The van der Waals surface area contributed by atoms with Gasteiger partial charge in [0.25, 0.3) is 12.0 Å². The SMILES string of the molecule is O=C=Nn1nc(C(=O)Nc2ccccc2)c2ccccc21. The second-order valence-electron chi connectivity index (χ2n) is 4.27. The predicted molar refractivity (Wildman–Crippen MR) is 77.6 cm³/mol. The van der Waals surface area contributed by atoms with Gasteiger partial charge in [0.2, 0.25) is 0 Å². The summed E-state index contributed by atoms with van der Waals surface area (Å²) in [7, 11) is 0. The molecule has 1 aromatic heterocycles. The van der Waals surface area contributed by atoms with Crippen LogP contribution in [-0.4, -0.2) is 21.9 Å². The molecule has 6 heteroatoms. The average Bonchev–Trinajstić information content (AvgIpc) is 2.88. The Hall–Kier alpha value is -3.24. The molecule has 0 radical (unpaired) electrons. The molecule has 3 aromatic rings. The molecule has 0 unspecified atom stereocenters. The van der Waals surface area contributed by atoms with E-state index in [2.05, 4.69) is 15.5 Å². The highest BCUT2D eigenvalue weighted by Crippen LogP contribution is 2.19. The molecule has 0 fully saturated rings. The molecule has 0 atom stereocenters. The van der Waals surface area contributed by atoms with Crippen molar-refractivity contribution in [2.45, 2.75) is 0 Å². The van der Waals surface area contributed by atoms with E-state index in [9.17, 15) is 9.59 Å². The van der Waals surface area contributed by atoms with Gasteiger partial charge in [-0.05, 0) is 18.2 Å². The van der Waals surface area contributed by atoms with Gasteiger partial charge in [-0.1, -0.05) is 41.5 Å². The van der Waals surface area contributed by atoms with Crippen LogP contribution >= 0.6 is 0 Å². The molecule has 2 aromatic carbocycles. The van der Waals surface area contributed by atoms with Gasteiger partial charge in [-0.15, -0.1) is 9.89 Å². The van der Waals surface area contributed by atoms with Crippen LogP contribution in [0.1, 0.15) is 10.5 Å². The van der Waals surface area contributed by atoms with Crippen LogP contribution < -0.4 is 5.32 Å². The molecule has 1 N–H and O–H groups in total. The van der Waals surface area contributed by atoms with Crippen molar-refractivity contribution in [3.05, 3.63) is 60.3 Å². The number of para-hydroxylation sites is 2. The van der Waals surface area contributed by atoms with Crippen molar-refractivity contribution in [3.63, 3.8) is 0 Å². The summed E-state index contributed by atoms with van der Waals surface area (Å²) in [4.78, 5) is 23.9. The molecule has 0 saturated heterocycles. The normalized spacial score (nSPS) is 10.1. The molecule has 0 aliphatic carbocycles. The van der Waals surface area contributed by atoms with E-state index in [1.165, 1.54) is 6.08 Å². The molecule has 102 valence electrons. The molecule has 0 bridgehead atoms. The Kier molecular flexibility index (Phi) is 3.29. The summed E-state index contributed by atoms with van der Waals surface area (Å²) in [6, 6.07) is 16.1. The first-order chi connectivity index (χ1) is 10.3. The van der Waals surface area contributed by atoms with Crippen LogP contribution in [0.2, 0.25) is 0 Å². The van der Waals surface area contributed by atoms with Gasteiger partial charge >= 0.3 is 0 Å². The maximum absolute atomic E-state index is 12.3. The second-order valence-corrected chi connectivity index (χ2v) is 4.27.